The molecule has 1 aliphatic rings. The van der Waals surface area contributed by atoms with Crippen molar-refractivity contribution in [1.82, 2.24) is 9.62 Å². The number of hydrogen-bond donors (Lipinski definition) is 1. The number of nitrogens with zero attached hydrogens (tertiary/aromatic N) is 1. The number of hydrogen-bond acceptors (Lipinski definition) is 4. The van der Waals surface area contributed by atoms with E-state index in [-0.39, 0.29) is 28.6 Å². The zero-order chi connectivity index (χ0) is 19.5. The molecule has 146 valence electrons. The van der Waals surface area contributed by atoms with Crippen LogP contribution in [0.3, 0.4) is 0 Å². The van der Waals surface area contributed by atoms with Crippen molar-refractivity contribution in [2.75, 3.05) is 14.2 Å². The number of nitrogens with one attached hydrogen (secondary N) is 1. The van der Waals surface area contributed by atoms with Crippen LogP contribution in [0.1, 0.15) is 56.8 Å². The van der Waals surface area contributed by atoms with E-state index in [4.69, 9.17) is 4.74 Å². The maximum absolute atomic E-state index is 13.0. The first-order valence-electron chi connectivity index (χ1n) is 9.15. The highest BCUT2D eigenvalue weighted by Crippen LogP contribution is 2.30. The predicted molar refractivity (Wildman–Crippen MR) is 102 cm³/mol. The van der Waals surface area contributed by atoms with E-state index < -0.39 is 10.0 Å². The summed E-state index contributed by atoms with van der Waals surface area (Å²) >= 11 is 0. The van der Waals surface area contributed by atoms with Gasteiger partial charge in [0.25, 0.3) is 5.91 Å². The molecule has 0 saturated heterocycles. The van der Waals surface area contributed by atoms with Crippen LogP contribution in [-0.4, -0.2) is 45.5 Å². The normalized spacial score (nSPS) is 20.8. The van der Waals surface area contributed by atoms with Crippen LogP contribution in [0.15, 0.2) is 23.1 Å². The fourth-order valence-electron chi connectivity index (χ4n) is 3.62. The molecule has 1 aromatic carbocycles. The Hall–Kier alpha value is -1.60. The number of carbonyl (C=O) groups excluding carboxylic acids is 1. The highest BCUT2D eigenvalue weighted by atomic mass is 32.2. The van der Waals surface area contributed by atoms with Crippen LogP contribution in [0.2, 0.25) is 0 Å². The molecule has 1 saturated carbocycles. The minimum Gasteiger partial charge on any atom is -0.495 e. The van der Waals surface area contributed by atoms with Crippen molar-refractivity contribution in [2.45, 2.75) is 63.4 Å². The van der Waals surface area contributed by atoms with Gasteiger partial charge in [0.15, 0.2) is 0 Å². The van der Waals surface area contributed by atoms with Gasteiger partial charge in [0, 0.05) is 24.7 Å². The van der Waals surface area contributed by atoms with Crippen molar-refractivity contribution in [1.29, 1.82) is 0 Å². The van der Waals surface area contributed by atoms with Crippen molar-refractivity contribution in [3.8, 4) is 5.75 Å². The smallest absolute Gasteiger partial charge is 0.253 e. The minimum absolute atomic E-state index is 0.00959. The fraction of sp³-hybridized carbons (Fsp3) is 0.632. The number of ether oxygens (including phenoxy) is 1. The van der Waals surface area contributed by atoms with Gasteiger partial charge in [-0.3, -0.25) is 4.79 Å². The average Bonchev–Trinajstić information content (AvgIpc) is 2.59. The van der Waals surface area contributed by atoms with Crippen LogP contribution in [0.5, 0.6) is 5.75 Å². The minimum atomic E-state index is -3.77. The topological polar surface area (TPSA) is 75.7 Å². The van der Waals surface area contributed by atoms with Gasteiger partial charge in [0.2, 0.25) is 10.0 Å². The molecule has 2 unspecified atom stereocenters. The summed E-state index contributed by atoms with van der Waals surface area (Å²) in [6.45, 7) is 5.67. The molecule has 1 N–H and O–H groups in total. The Morgan fingerprint density at radius 2 is 1.92 bits per heavy atom. The van der Waals surface area contributed by atoms with Gasteiger partial charge in [0.05, 0.1) is 7.11 Å². The summed E-state index contributed by atoms with van der Waals surface area (Å²) in [5.41, 5.74) is 0.357. The Labute approximate surface area is 157 Å². The summed E-state index contributed by atoms with van der Waals surface area (Å²) in [4.78, 5) is 14.7. The Bertz CT molecular complexity index is 746. The van der Waals surface area contributed by atoms with E-state index in [0.29, 0.717) is 11.5 Å². The SMILES string of the molecule is COc1ccc(C(=O)N(C)C2CCCCC2C)cc1S(=O)(=O)NC(C)C. The van der Waals surface area contributed by atoms with Gasteiger partial charge in [-0.2, -0.15) is 0 Å². The van der Waals surface area contributed by atoms with Gasteiger partial charge in [-0.15, -0.1) is 0 Å². The fourth-order valence-corrected chi connectivity index (χ4v) is 5.07. The number of amides is 1. The summed E-state index contributed by atoms with van der Waals surface area (Å²) in [5.74, 6) is 0.512. The van der Waals surface area contributed by atoms with Crippen LogP contribution in [0.25, 0.3) is 0 Å². The monoisotopic (exact) mass is 382 g/mol. The lowest BCUT2D eigenvalue weighted by atomic mass is 9.85. The van der Waals surface area contributed by atoms with Crippen molar-refractivity contribution in [3.05, 3.63) is 23.8 Å². The molecule has 1 aromatic rings. The maximum Gasteiger partial charge on any atom is 0.253 e. The van der Waals surface area contributed by atoms with Crippen LogP contribution in [-0.2, 0) is 10.0 Å². The molecule has 0 spiro atoms. The van der Waals surface area contributed by atoms with Crippen molar-refractivity contribution in [2.24, 2.45) is 5.92 Å². The quantitative estimate of drug-likeness (QED) is 0.820. The maximum atomic E-state index is 13.0. The number of rotatable bonds is 6. The number of benzene rings is 1. The van der Waals surface area contributed by atoms with Crippen LogP contribution >= 0.6 is 0 Å². The van der Waals surface area contributed by atoms with Gasteiger partial charge >= 0.3 is 0 Å². The van der Waals surface area contributed by atoms with E-state index in [9.17, 15) is 13.2 Å². The van der Waals surface area contributed by atoms with E-state index in [1.807, 2.05) is 0 Å². The highest BCUT2D eigenvalue weighted by Gasteiger charge is 2.29. The van der Waals surface area contributed by atoms with Crippen molar-refractivity contribution < 1.29 is 17.9 Å². The molecule has 0 aromatic heterocycles. The zero-order valence-corrected chi connectivity index (χ0v) is 17.1. The lowest BCUT2D eigenvalue weighted by Gasteiger charge is -2.36. The molecule has 1 fully saturated rings. The molecule has 1 aliphatic carbocycles. The van der Waals surface area contributed by atoms with Crippen molar-refractivity contribution >= 4 is 15.9 Å². The van der Waals surface area contributed by atoms with E-state index in [1.54, 1.807) is 37.9 Å². The molecule has 26 heavy (non-hydrogen) atoms. The third-order valence-electron chi connectivity index (χ3n) is 4.97. The molecular formula is C19H30N2O4S. The van der Waals surface area contributed by atoms with Crippen molar-refractivity contribution in [3.63, 3.8) is 0 Å². The molecule has 0 radical (unpaired) electrons. The molecule has 0 heterocycles. The molecule has 1 amide bonds. The molecular weight excluding hydrogens is 352 g/mol. The lowest BCUT2D eigenvalue weighted by Crippen LogP contribution is -2.42. The summed E-state index contributed by atoms with van der Waals surface area (Å²) in [6, 6.07) is 4.51. The second kappa shape index (κ2) is 8.39. The molecule has 2 rings (SSSR count). The molecule has 7 heteroatoms. The van der Waals surface area contributed by atoms with Gasteiger partial charge in [-0.1, -0.05) is 19.8 Å². The summed E-state index contributed by atoms with van der Waals surface area (Å²) in [7, 11) is -0.543. The predicted octanol–water partition coefficient (Wildman–Crippen LogP) is 3.03. The van der Waals surface area contributed by atoms with Crippen LogP contribution < -0.4 is 9.46 Å². The molecule has 6 nitrogen and oxygen atoms in total. The standard InChI is InChI=1S/C19H30N2O4S/c1-13(2)20-26(23,24)18-12-15(10-11-17(18)25-5)19(22)21(4)16-9-7-6-8-14(16)3/h10-14,16,20H,6-9H2,1-5H3. The van der Waals surface area contributed by atoms with Gasteiger partial charge in [-0.25, -0.2) is 13.1 Å². The van der Waals surface area contributed by atoms with Crippen LogP contribution in [0, 0.1) is 5.92 Å². The zero-order valence-electron chi connectivity index (χ0n) is 16.3. The third-order valence-corrected chi connectivity index (χ3v) is 6.65. The second-order valence-corrected chi connectivity index (χ2v) is 9.07. The number of methoxy groups -OCH3 is 1. The van der Waals surface area contributed by atoms with Gasteiger partial charge in [-0.05, 0) is 50.8 Å². The Morgan fingerprint density at radius 3 is 2.50 bits per heavy atom. The van der Waals surface area contributed by atoms with Gasteiger partial charge < -0.3 is 9.64 Å². The molecule has 0 aliphatic heterocycles. The van der Waals surface area contributed by atoms with E-state index in [0.717, 1.165) is 19.3 Å². The highest BCUT2D eigenvalue weighted by molar-refractivity contribution is 7.89. The lowest BCUT2D eigenvalue weighted by molar-refractivity contribution is 0.0628. The first kappa shape index (κ1) is 20.7. The Morgan fingerprint density at radius 1 is 1.27 bits per heavy atom. The summed E-state index contributed by atoms with van der Waals surface area (Å²) < 4.78 is 33.0. The largest absolute Gasteiger partial charge is 0.495 e. The number of carbonyl (C=O) groups is 1. The number of sulfonamides is 1. The molecule has 2 atom stereocenters. The third kappa shape index (κ3) is 4.57. The average molecular weight is 383 g/mol. The van der Waals surface area contributed by atoms with Gasteiger partial charge in [0.1, 0.15) is 10.6 Å². The van der Waals surface area contributed by atoms with E-state index in [2.05, 4.69) is 11.6 Å². The summed E-state index contributed by atoms with van der Waals surface area (Å²) in [6.07, 6.45) is 4.42. The first-order valence-corrected chi connectivity index (χ1v) is 10.6. The first-order chi connectivity index (χ1) is 12.2. The van der Waals surface area contributed by atoms with E-state index >= 15 is 0 Å². The Kier molecular flexibility index (Phi) is 6.69. The van der Waals surface area contributed by atoms with E-state index in [1.165, 1.54) is 19.6 Å². The van der Waals surface area contributed by atoms with Crippen LogP contribution in [0.4, 0.5) is 0 Å². The molecule has 0 bridgehead atoms. The Balaban J connectivity index is 2.35. The second-order valence-electron chi connectivity index (χ2n) is 7.39. The summed E-state index contributed by atoms with van der Waals surface area (Å²) in [5, 5.41) is 0.